The van der Waals surface area contributed by atoms with Gasteiger partial charge in [-0.25, -0.2) is 0 Å². The lowest BCUT2D eigenvalue weighted by Gasteiger charge is -2.26. The second-order valence-electron chi connectivity index (χ2n) is 6.24. The molecule has 1 N–H and O–H groups in total. The summed E-state index contributed by atoms with van der Waals surface area (Å²) >= 11 is 0. The van der Waals surface area contributed by atoms with E-state index in [1.54, 1.807) is 0 Å². The first-order chi connectivity index (χ1) is 9.70. The van der Waals surface area contributed by atoms with E-state index in [9.17, 15) is 4.79 Å². The van der Waals surface area contributed by atoms with Crippen molar-refractivity contribution >= 4 is 5.91 Å². The van der Waals surface area contributed by atoms with E-state index in [-0.39, 0.29) is 18.1 Å². The summed E-state index contributed by atoms with van der Waals surface area (Å²) in [6.07, 6.45) is 3.84. The van der Waals surface area contributed by atoms with Gasteiger partial charge in [0.1, 0.15) is 6.04 Å². The van der Waals surface area contributed by atoms with E-state index >= 15 is 0 Å². The van der Waals surface area contributed by atoms with Crippen molar-refractivity contribution in [3.05, 3.63) is 35.9 Å². The Morgan fingerprint density at radius 2 is 2.00 bits per heavy atom. The minimum absolute atomic E-state index is 0.160. The van der Waals surface area contributed by atoms with E-state index in [4.69, 9.17) is 0 Å². The van der Waals surface area contributed by atoms with Gasteiger partial charge < -0.3 is 4.90 Å². The van der Waals surface area contributed by atoms with Gasteiger partial charge in [0.05, 0.1) is 6.17 Å². The van der Waals surface area contributed by atoms with Gasteiger partial charge in [-0.2, -0.15) is 0 Å². The van der Waals surface area contributed by atoms with Crippen molar-refractivity contribution in [1.82, 2.24) is 10.2 Å². The van der Waals surface area contributed by atoms with Gasteiger partial charge in [0.25, 0.3) is 0 Å². The highest BCUT2D eigenvalue weighted by atomic mass is 16.2. The van der Waals surface area contributed by atoms with Crippen molar-refractivity contribution in [3.8, 4) is 0 Å². The molecule has 3 atom stereocenters. The number of hydrogen-bond acceptors (Lipinski definition) is 2. The van der Waals surface area contributed by atoms with Crippen LogP contribution in [0.25, 0.3) is 0 Å². The summed E-state index contributed by atoms with van der Waals surface area (Å²) in [5, 5.41) is 3.50. The van der Waals surface area contributed by atoms with Crippen LogP contribution in [0.15, 0.2) is 30.3 Å². The molecule has 0 bridgehead atoms. The molecule has 3 heteroatoms. The summed E-state index contributed by atoms with van der Waals surface area (Å²) in [6, 6.07) is 9.91. The van der Waals surface area contributed by atoms with Crippen molar-refractivity contribution in [2.45, 2.75) is 45.3 Å². The molecule has 2 aliphatic rings. The molecular weight excluding hydrogens is 248 g/mol. The van der Waals surface area contributed by atoms with E-state index in [1.165, 1.54) is 12.8 Å². The smallest absolute Gasteiger partial charge is 0.245 e. The summed E-state index contributed by atoms with van der Waals surface area (Å²) in [5.74, 6) is 1.72. The molecule has 3 rings (SSSR count). The molecule has 108 valence electrons. The van der Waals surface area contributed by atoms with Crippen molar-refractivity contribution in [1.29, 1.82) is 0 Å². The standard InChI is InChI=1S/C17H24N2O/c1-3-15-18-16(14-7-5-4-6-8-14)17(20)19(15)11-12(2)13-9-10-13/h4-8,12-13,15-16,18H,3,9-11H2,1-2H3. The van der Waals surface area contributed by atoms with Gasteiger partial charge in [0.2, 0.25) is 5.91 Å². The predicted octanol–water partition coefficient (Wildman–Crippen LogP) is 2.94. The Labute approximate surface area is 121 Å². The topological polar surface area (TPSA) is 32.3 Å². The molecule has 1 aliphatic heterocycles. The predicted molar refractivity (Wildman–Crippen MR) is 80.0 cm³/mol. The summed E-state index contributed by atoms with van der Waals surface area (Å²) < 4.78 is 0. The van der Waals surface area contributed by atoms with Gasteiger partial charge in [-0.1, -0.05) is 44.2 Å². The largest absolute Gasteiger partial charge is 0.325 e. The number of hydrogen-bond donors (Lipinski definition) is 1. The minimum atomic E-state index is -0.160. The first-order valence-electron chi connectivity index (χ1n) is 7.82. The number of carbonyl (C=O) groups is 1. The van der Waals surface area contributed by atoms with Crippen molar-refractivity contribution < 1.29 is 4.79 Å². The molecule has 1 amide bonds. The van der Waals surface area contributed by atoms with Crippen LogP contribution < -0.4 is 5.32 Å². The fraction of sp³-hybridized carbons (Fsp3) is 0.588. The molecule has 0 radical (unpaired) electrons. The van der Waals surface area contributed by atoms with Crippen LogP contribution >= 0.6 is 0 Å². The lowest BCUT2D eigenvalue weighted by atomic mass is 10.0. The van der Waals surface area contributed by atoms with Crippen LogP contribution in [0.1, 0.15) is 44.7 Å². The molecule has 0 aromatic heterocycles. The monoisotopic (exact) mass is 272 g/mol. The zero-order valence-corrected chi connectivity index (χ0v) is 12.4. The Hall–Kier alpha value is -1.35. The highest BCUT2D eigenvalue weighted by Crippen LogP contribution is 2.38. The van der Waals surface area contributed by atoms with E-state index in [2.05, 4.69) is 24.1 Å². The molecule has 1 saturated heterocycles. The Kier molecular flexibility index (Phi) is 3.79. The number of nitrogens with zero attached hydrogens (tertiary/aromatic N) is 1. The lowest BCUT2D eigenvalue weighted by molar-refractivity contribution is -0.130. The van der Waals surface area contributed by atoms with Crippen molar-refractivity contribution in [2.24, 2.45) is 11.8 Å². The molecular formula is C17H24N2O. The molecule has 1 aromatic carbocycles. The molecule has 1 aliphatic carbocycles. The molecule has 2 fully saturated rings. The van der Waals surface area contributed by atoms with Gasteiger partial charge in [-0.3, -0.25) is 10.1 Å². The number of amides is 1. The molecule has 0 spiro atoms. The van der Waals surface area contributed by atoms with Crippen molar-refractivity contribution in [3.63, 3.8) is 0 Å². The highest BCUT2D eigenvalue weighted by Gasteiger charge is 2.40. The molecule has 3 unspecified atom stereocenters. The zero-order valence-electron chi connectivity index (χ0n) is 12.4. The van der Waals surface area contributed by atoms with Gasteiger partial charge in [0.15, 0.2) is 0 Å². The van der Waals surface area contributed by atoms with Gasteiger partial charge in [-0.15, -0.1) is 0 Å². The van der Waals surface area contributed by atoms with Crippen LogP contribution in [0.3, 0.4) is 0 Å². The summed E-state index contributed by atoms with van der Waals surface area (Å²) in [6.45, 7) is 5.33. The average Bonchev–Trinajstić information content (AvgIpc) is 3.27. The maximum absolute atomic E-state index is 12.7. The third-order valence-corrected chi connectivity index (χ3v) is 4.70. The van der Waals surface area contributed by atoms with E-state index in [0.29, 0.717) is 5.92 Å². The fourth-order valence-electron chi connectivity index (χ4n) is 3.24. The van der Waals surface area contributed by atoms with Crippen LogP contribution in [0.4, 0.5) is 0 Å². The maximum atomic E-state index is 12.7. The molecule has 20 heavy (non-hydrogen) atoms. The quantitative estimate of drug-likeness (QED) is 0.894. The van der Waals surface area contributed by atoms with Crippen LogP contribution in [-0.4, -0.2) is 23.5 Å². The summed E-state index contributed by atoms with van der Waals surface area (Å²) in [7, 11) is 0. The van der Waals surface area contributed by atoms with Crippen LogP contribution in [-0.2, 0) is 4.79 Å². The first-order valence-corrected chi connectivity index (χ1v) is 7.82. The van der Waals surface area contributed by atoms with Crippen LogP contribution in [0.2, 0.25) is 0 Å². The van der Waals surface area contributed by atoms with Crippen LogP contribution in [0.5, 0.6) is 0 Å². The van der Waals surface area contributed by atoms with Gasteiger partial charge >= 0.3 is 0 Å². The van der Waals surface area contributed by atoms with Crippen LogP contribution in [0, 0.1) is 11.8 Å². The van der Waals surface area contributed by atoms with E-state index in [1.807, 2.05) is 30.3 Å². The van der Waals surface area contributed by atoms with E-state index in [0.717, 1.165) is 24.4 Å². The van der Waals surface area contributed by atoms with Gasteiger partial charge in [-0.05, 0) is 36.7 Å². The first kappa shape index (κ1) is 13.6. The lowest BCUT2D eigenvalue weighted by Crippen LogP contribution is -2.39. The Balaban J connectivity index is 1.74. The third kappa shape index (κ3) is 2.59. The number of benzene rings is 1. The number of nitrogens with one attached hydrogen (secondary N) is 1. The Morgan fingerprint density at radius 1 is 1.30 bits per heavy atom. The van der Waals surface area contributed by atoms with Crippen molar-refractivity contribution in [2.75, 3.05) is 6.54 Å². The number of rotatable bonds is 5. The maximum Gasteiger partial charge on any atom is 0.245 e. The fourth-order valence-corrected chi connectivity index (χ4v) is 3.24. The normalized spacial score (nSPS) is 27.9. The second kappa shape index (κ2) is 5.57. The second-order valence-corrected chi connectivity index (χ2v) is 6.24. The average molecular weight is 272 g/mol. The zero-order chi connectivity index (χ0) is 14.1. The number of carbonyl (C=O) groups excluding carboxylic acids is 1. The molecule has 1 saturated carbocycles. The third-order valence-electron chi connectivity index (χ3n) is 4.70. The van der Waals surface area contributed by atoms with E-state index < -0.39 is 0 Å². The highest BCUT2D eigenvalue weighted by molar-refractivity contribution is 5.85. The molecule has 3 nitrogen and oxygen atoms in total. The minimum Gasteiger partial charge on any atom is -0.325 e. The Bertz CT molecular complexity index is 469. The Morgan fingerprint density at radius 3 is 2.60 bits per heavy atom. The summed E-state index contributed by atoms with van der Waals surface area (Å²) in [5.41, 5.74) is 1.08. The SMILES string of the molecule is CCC1NC(c2ccccc2)C(=O)N1CC(C)C1CC1. The summed E-state index contributed by atoms with van der Waals surface area (Å²) in [4.78, 5) is 14.8. The van der Waals surface area contributed by atoms with Gasteiger partial charge in [0, 0.05) is 6.54 Å². The molecule has 1 heterocycles. The molecule has 1 aromatic rings.